The molecule has 158 valence electrons. The van der Waals surface area contributed by atoms with E-state index in [0.717, 1.165) is 0 Å². The molecule has 0 aromatic heterocycles. The van der Waals surface area contributed by atoms with Crippen LogP contribution in [0, 0.1) is 5.82 Å². The molecule has 0 aliphatic carbocycles. The minimum absolute atomic E-state index is 0.0715. The second kappa shape index (κ2) is 9.36. The van der Waals surface area contributed by atoms with Gasteiger partial charge in [0.05, 0.1) is 28.9 Å². The Kier molecular flexibility index (Phi) is 6.84. The lowest BCUT2D eigenvalue weighted by atomic mass is 9.94. The van der Waals surface area contributed by atoms with Crippen molar-refractivity contribution in [1.82, 2.24) is 10.2 Å². The molecule has 9 heteroatoms. The van der Waals surface area contributed by atoms with Crippen LogP contribution < -0.4 is 10.1 Å². The second-order valence-electron chi connectivity index (χ2n) is 6.41. The first kappa shape index (κ1) is 21.9. The molecular weight excluding hydrogens is 434 g/mol. The van der Waals surface area contributed by atoms with Crippen molar-refractivity contribution >= 4 is 35.2 Å². The van der Waals surface area contributed by atoms with Crippen molar-refractivity contribution in [2.24, 2.45) is 0 Å². The molecule has 1 aliphatic rings. The smallest absolute Gasteiger partial charge is 0.338 e. The molecule has 1 aliphatic heterocycles. The van der Waals surface area contributed by atoms with Gasteiger partial charge in [0, 0.05) is 23.7 Å². The maximum absolute atomic E-state index is 14.5. The summed E-state index contributed by atoms with van der Waals surface area (Å²) in [6, 6.07) is 9.03. The fourth-order valence-electron chi connectivity index (χ4n) is 3.06. The quantitative estimate of drug-likeness (QED) is 0.643. The predicted octanol–water partition coefficient (Wildman–Crippen LogP) is 4.72. The molecule has 2 aromatic rings. The van der Waals surface area contributed by atoms with Gasteiger partial charge < -0.3 is 14.8 Å². The van der Waals surface area contributed by atoms with Crippen molar-refractivity contribution < 1.29 is 23.5 Å². The predicted molar refractivity (Wildman–Crippen MR) is 111 cm³/mol. The fraction of sp³-hybridized carbons (Fsp3) is 0.238. The van der Waals surface area contributed by atoms with Crippen molar-refractivity contribution in [2.45, 2.75) is 13.0 Å². The van der Waals surface area contributed by atoms with Crippen LogP contribution in [-0.2, 0) is 9.53 Å². The minimum Gasteiger partial charge on any atom is -0.486 e. The van der Waals surface area contributed by atoms with Gasteiger partial charge in [-0.3, -0.25) is 4.90 Å². The van der Waals surface area contributed by atoms with Crippen LogP contribution in [0.2, 0.25) is 10.0 Å². The Labute approximate surface area is 183 Å². The van der Waals surface area contributed by atoms with Crippen molar-refractivity contribution in [1.29, 1.82) is 0 Å². The zero-order valence-corrected chi connectivity index (χ0v) is 17.8. The van der Waals surface area contributed by atoms with Crippen LogP contribution in [0.25, 0.3) is 0 Å². The highest BCUT2D eigenvalue weighted by Crippen LogP contribution is 2.34. The van der Waals surface area contributed by atoms with E-state index in [-0.39, 0.29) is 35.8 Å². The molecule has 0 radical (unpaired) electrons. The average Bonchev–Trinajstić information content (AvgIpc) is 2.71. The zero-order valence-electron chi connectivity index (χ0n) is 16.2. The largest absolute Gasteiger partial charge is 0.486 e. The summed E-state index contributed by atoms with van der Waals surface area (Å²) in [6.45, 7) is 1.57. The summed E-state index contributed by atoms with van der Waals surface area (Å²) < 4.78 is 25.4. The molecule has 3 rings (SSSR count). The molecule has 1 N–H and O–H groups in total. The second-order valence-corrected chi connectivity index (χ2v) is 7.25. The number of hydrogen-bond donors (Lipinski definition) is 1. The molecule has 0 spiro atoms. The lowest BCUT2D eigenvalue weighted by Gasteiger charge is -2.34. The van der Waals surface area contributed by atoms with E-state index in [1.807, 2.05) is 0 Å². The highest BCUT2D eigenvalue weighted by Gasteiger charge is 2.38. The van der Waals surface area contributed by atoms with Gasteiger partial charge in [-0.25, -0.2) is 14.0 Å². The van der Waals surface area contributed by atoms with Gasteiger partial charge >= 0.3 is 12.0 Å². The summed E-state index contributed by atoms with van der Waals surface area (Å²) in [4.78, 5) is 26.6. The van der Waals surface area contributed by atoms with Crippen LogP contribution in [-0.4, -0.2) is 37.2 Å². The number of nitrogens with one attached hydrogen (secondary N) is 1. The van der Waals surface area contributed by atoms with Crippen molar-refractivity contribution in [2.75, 3.05) is 20.3 Å². The summed E-state index contributed by atoms with van der Waals surface area (Å²) in [5.41, 5.74) is 0.434. The van der Waals surface area contributed by atoms with Crippen LogP contribution in [0.3, 0.4) is 0 Å². The third-order valence-electron chi connectivity index (χ3n) is 4.55. The van der Waals surface area contributed by atoms with Gasteiger partial charge in [0.2, 0.25) is 0 Å². The van der Waals surface area contributed by atoms with Gasteiger partial charge in [-0.1, -0.05) is 41.4 Å². The van der Waals surface area contributed by atoms with Gasteiger partial charge in [-0.05, 0) is 25.1 Å². The molecule has 0 bridgehead atoms. The number of carbonyl (C=O) groups excluding carboxylic acids is 2. The van der Waals surface area contributed by atoms with E-state index in [9.17, 15) is 14.0 Å². The van der Waals surface area contributed by atoms with E-state index < -0.39 is 23.9 Å². The molecule has 1 heterocycles. The maximum atomic E-state index is 14.5. The van der Waals surface area contributed by atoms with Gasteiger partial charge in [0.25, 0.3) is 0 Å². The first-order valence-electron chi connectivity index (χ1n) is 9.10. The van der Waals surface area contributed by atoms with Crippen molar-refractivity contribution in [3.05, 3.63) is 75.2 Å². The number of hydrogen-bond acceptors (Lipinski definition) is 4. The van der Waals surface area contributed by atoms with E-state index in [1.165, 1.54) is 36.2 Å². The lowest BCUT2D eigenvalue weighted by Crippen LogP contribution is -2.48. The number of esters is 1. The van der Waals surface area contributed by atoms with E-state index in [1.54, 1.807) is 25.1 Å². The van der Waals surface area contributed by atoms with Crippen molar-refractivity contribution in [3.8, 4) is 5.75 Å². The van der Waals surface area contributed by atoms with E-state index in [4.69, 9.17) is 32.7 Å². The third-order valence-corrected chi connectivity index (χ3v) is 5.09. The SMILES string of the molecule is CCOC(=O)C1=C(COc2cc(Cl)ccc2Cl)N(C)C(=O)NC1c1ccccc1F. The number of rotatable bonds is 6. The molecule has 1 unspecified atom stereocenters. The Morgan fingerprint density at radius 3 is 2.67 bits per heavy atom. The monoisotopic (exact) mass is 452 g/mol. The Hall–Kier alpha value is -2.77. The molecule has 0 saturated heterocycles. The normalized spacial score (nSPS) is 16.4. The Bertz CT molecular complexity index is 1010. The summed E-state index contributed by atoms with van der Waals surface area (Å²) in [7, 11) is 1.48. The van der Waals surface area contributed by atoms with Crippen LogP contribution >= 0.6 is 23.2 Å². The van der Waals surface area contributed by atoms with E-state index in [2.05, 4.69) is 5.32 Å². The third kappa shape index (κ3) is 4.52. The number of likely N-dealkylation sites (N-methyl/N-ethyl adjacent to an activating group) is 1. The molecule has 6 nitrogen and oxygen atoms in total. The topological polar surface area (TPSA) is 67.9 Å². The van der Waals surface area contributed by atoms with Gasteiger partial charge in [-0.15, -0.1) is 0 Å². The number of urea groups is 1. The molecule has 1 atom stereocenters. The number of nitrogens with zero attached hydrogens (tertiary/aromatic N) is 1. The molecular formula is C21H19Cl2FN2O4. The van der Waals surface area contributed by atoms with Gasteiger partial charge in [0.1, 0.15) is 18.2 Å². The fourth-order valence-corrected chi connectivity index (χ4v) is 3.39. The lowest BCUT2D eigenvalue weighted by molar-refractivity contribution is -0.139. The molecule has 2 amide bonds. The van der Waals surface area contributed by atoms with Crippen LogP contribution in [0.1, 0.15) is 18.5 Å². The molecule has 0 saturated carbocycles. The molecule has 2 aromatic carbocycles. The molecule has 0 fully saturated rings. The molecule has 30 heavy (non-hydrogen) atoms. The highest BCUT2D eigenvalue weighted by atomic mass is 35.5. The van der Waals surface area contributed by atoms with Crippen LogP contribution in [0.5, 0.6) is 5.75 Å². The van der Waals surface area contributed by atoms with Gasteiger partial charge in [0.15, 0.2) is 0 Å². The van der Waals surface area contributed by atoms with Gasteiger partial charge in [-0.2, -0.15) is 0 Å². The number of benzene rings is 2. The average molecular weight is 453 g/mol. The van der Waals surface area contributed by atoms with Crippen LogP contribution in [0.4, 0.5) is 9.18 Å². The van der Waals surface area contributed by atoms with Crippen molar-refractivity contribution in [3.63, 3.8) is 0 Å². The summed E-state index contributed by atoms with van der Waals surface area (Å²) in [5.74, 6) is -0.970. The number of ether oxygens (including phenoxy) is 2. The Balaban J connectivity index is 2.07. The number of amides is 2. The Morgan fingerprint density at radius 2 is 1.97 bits per heavy atom. The maximum Gasteiger partial charge on any atom is 0.338 e. The summed E-state index contributed by atoms with van der Waals surface area (Å²) in [6.07, 6.45) is 0. The van der Waals surface area contributed by atoms with Crippen LogP contribution in [0.15, 0.2) is 53.7 Å². The standard InChI is InChI=1S/C21H19Cl2FN2O4/c1-3-29-20(27)18-16(11-30-17-10-12(22)8-9-14(17)23)26(2)21(28)25-19(18)13-6-4-5-7-15(13)24/h4-10,19H,3,11H2,1-2H3,(H,25,28). The number of halogens is 3. The zero-order chi connectivity index (χ0) is 21.8. The Morgan fingerprint density at radius 1 is 1.23 bits per heavy atom. The first-order chi connectivity index (χ1) is 14.3. The summed E-state index contributed by atoms with van der Waals surface area (Å²) >= 11 is 12.1. The van der Waals surface area contributed by atoms with E-state index in [0.29, 0.717) is 10.0 Å². The highest BCUT2D eigenvalue weighted by molar-refractivity contribution is 6.34. The minimum atomic E-state index is -1.04. The first-order valence-corrected chi connectivity index (χ1v) is 9.85. The van der Waals surface area contributed by atoms with E-state index >= 15 is 0 Å². The number of carbonyl (C=O) groups is 2. The summed E-state index contributed by atoms with van der Waals surface area (Å²) in [5, 5.41) is 3.37.